The van der Waals surface area contributed by atoms with Crippen molar-refractivity contribution in [2.24, 2.45) is 0 Å². The fourth-order valence-electron chi connectivity index (χ4n) is 4.97. The Balaban J connectivity index is 1.04. The van der Waals surface area contributed by atoms with Crippen LogP contribution in [0.1, 0.15) is 18.1 Å². The molecule has 3 aromatic carbocycles. The third-order valence-corrected chi connectivity index (χ3v) is 7.74. The predicted molar refractivity (Wildman–Crippen MR) is 170 cm³/mol. The molecular formula is C33H35Cl2N3O5. The molecule has 2 aliphatic heterocycles. The number of amides is 1. The Morgan fingerprint density at radius 3 is 2.58 bits per heavy atom. The van der Waals surface area contributed by atoms with Crippen molar-refractivity contribution in [3.8, 4) is 11.5 Å². The van der Waals surface area contributed by atoms with Gasteiger partial charge in [0.15, 0.2) is 5.79 Å². The van der Waals surface area contributed by atoms with Crippen molar-refractivity contribution in [2.45, 2.75) is 18.8 Å². The van der Waals surface area contributed by atoms with Crippen LogP contribution in [0.5, 0.6) is 11.5 Å². The van der Waals surface area contributed by atoms with Crippen molar-refractivity contribution < 1.29 is 23.7 Å². The van der Waals surface area contributed by atoms with Gasteiger partial charge in [0.1, 0.15) is 30.8 Å². The highest BCUT2D eigenvalue weighted by atomic mass is 35.5. The number of rotatable bonds is 11. The molecule has 2 heterocycles. The molecule has 5 rings (SSSR count). The molecule has 0 saturated carbocycles. The molecule has 2 aliphatic rings. The molecule has 0 bridgehead atoms. The molecule has 1 amide bonds. The number of hydrogen-bond acceptors (Lipinski definition) is 7. The van der Waals surface area contributed by atoms with Crippen molar-refractivity contribution >= 4 is 40.9 Å². The van der Waals surface area contributed by atoms with Gasteiger partial charge in [-0.3, -0.25) is 10.2 Å². The van der Waals surface area contributed by atoms with E-state index in [4.69, 9.17) is 42.1 Å². The molecule has 10 heteroatoms. The topological polar surface area (TPSA) is 72.5 Å². The average molecular weight is 625 g/mol. The number of carbonyl (C=O) groups excluding carboxylic acids is 1. The zero-order valence-corrected chi connectivity index (χ0v) is 25.5. The van der Waals surface area contributed by atoms with Crippen LogP contribution < -0.4 is 19.8 Å². The van der Waals surface area contributed by atoms with E-state index in [1.54, 1.807) is 24.3 Å². The first kappa shape index (κ1) is 30.9. The van der Waals surface area contributed by atoms with E-state index in [2.05, 4.69) is 16.9 Å². The lowest BCUT2D eigenvalue weighted by molar-refractivity contribution is -0.164. The molecule has 226 valence electrons. The molecule has 2 atom stereocenters. The normalized spacial score (nSPS) is 20.7. The number of piperazine rings is 1. The Hall–Kier alpha value is -3.53. The maximum absolute atomic E-state index is 12.5. The molecule has 0 unspecified atom stereocenters. The molecule has 0 aromatic heterocycles. The van der Waals surface area contributed by atoms with E-state index >= 15 is 0 Å². The van der Waals surface area contributed by atoms with Crippen molar-refractivity contribution in [2.75, 3.05) is 50.9 Å². The van der Waals surface area contributed by atoms with Crippen molar-refractivity contribution in [1.82, 2.24) is 10.4 Å². The number of benzene rings is 3. The maximum atomic E-state index is 12.5. The van der Waals surface area contributed by atoms with Gasteiger partial charge in [0.2, 0.25) is 0 Å². The third kappa shape index (κ3) is 8.31. The first-order valence-electron chi connectivity index (χ1n) is 14.1. The minimum Gasteiger partial charge on any atom is -0.491 e. The van der Waals surface area contributed by atoms with Crippen LogP contribution in [-0.4, -0.2) is 63.0 Å². The first-order chi connectivity index (χ1) is 20.8. The lowest BCUT2D eigenvalue weighted by atomic mass is 10.1. The van der Waals surface area contributed by atoms with Gasteiger partial charge in [-0.2, -0.15) is 0 Å². The van der Waals surface area contributed by atoms with Gasteiger partial charge in [0.05, 0.1) is 11.6 Å². The quantitative estimate of drug-likeness (QED) is 0.205. The zero-order chi connectivity index (χ0) is 30.2. The standard InChI is InChI=1S/C33H35Cl2N3O5/c1-3-19-40-28-6-4-5-24(20-28)7-14-32(39)36-38-17-15-37(16-18-38)26-9-11-27(12-10-26)41-22-29-23-42-33(2,43-29)30-13-8-25(34)21-31(30)35/h3-14,20-21,29H,1,15-19,22-23H2,2H3,(H,36,39)/t29-,33+/m1/s1. The Bertz CT molecular complexity index is 1440. The van der Waals surface area contributed by atoms with Crippen LogP contribution >= 0.6 is 23.2 Å². The Labute approximate surface area is 262 Å². The first-order valence-corrected chi connectivity index (χ1v) is 14.9. The SMILES string of the molecule is C=CCOc1cccc(C=CC(=O)NN2CCN(c3ccc(OC[C@@H]4CO[C@](C)(c5ccc(Cl)cc5Cl)O4)cc3)CC2)c1. The largest absolute Gasteiger partial charge is 0.491 e. The molecule has 3 aromatic rings. The summed E-state index contributed by atoms with van der Waals surface area (Å²) in [6.45, 7) is 9.66. The van der Waals surface area contributed by atoms with Crippen LogP contribution in [-0.2, 0) is 20.1 Å². The van der Waals surface area contributed by atoms with Crippen LogP contribution in [0.25, 0.3) is 6.08 Å². The van der Waals surface area contributed by atoms with Gasteiger partial charge in [-0.25, -0.2) is 5.01 Å². The van der Waals surface area contributed by atoms with Gasteiger partial charge in [0, 0.05) is 48.5 Å². The number of nitrogens with zero attached hydrogens (tertiary/aromatic N) is 2. The highest BCUT2D eigenvalue weighted by Crippen LogP contribution is 2.38. The number of anilines is 1. The number of halogens is 2. The van der Waals surface area contributed by atoms with Gasteiger partial charge in [-0.05, 0) is 67.1 Å². The van der Waals surface area contributed by atoms with Gasteiger partial charge < -0.3 is 23.8 Å². The van der Waals surface area contributed by atoms with Gasteiger partial charge >= 0.3 is 0 Å². The fraction of sp³-hybridized carbons (Fsp3) is 0.303. The molecule has 2 fully saturated rings. The average Bonchev–Trinajstić information content (AvgIpc) is 3.40. The lowest BCUT2D eigenvalue weighted by Gasteiger charge is -2.35. The molecule has 0 aliphatic carbocycles. The second-order valence-corrected chi connectivity index (χ2v) is 11.2. The van der Waals surface area contributed by atoms with Crippen LogP contribution in [0.3, 0.4) is 0 Å². The summed E-state index contributed by atoms with van der Waals surface area (Å²) < 4.78 is 23.7. The summed E-state index contributed by atoms with van der Waals surface area (Å²) in [5.74, 6) is 0.366. The minimum atomic E-state index is -0.954. The second-order valence-electron chi connectivity index (χ2n) is 10.4. The molecule has 43 heavy (non-hydrogen) atoms. The molecular weight excluding hydrogens is 589 g/mol. The van der Waals surface area contributed by atoms with E-state index in [1.807, 2.05) is 66.5 Å². The summed E-state index contributed by atoms with van der Waals surface area (Å²) in [6.07, 6.45) is 4.76. The summed E-state index contributed by atoms with van der Waals surface area (Å²) in [6, 6.07) is 20.8. The Kier molecular flexibility index (Phi) is 10.3. The monoisotopic (exact) mass is 623 g/mol. The highest BCUT2D eigenvalue weighted by molar-refractivity contribution is 6.35. The van der Waals surface area contributed by atoms with E-state index in [0.717, 1.165) is 41.4 Å². The minimum absolute atomic E-state index is 0.166. The summed E-state index contributed by atoms with van der Waals surface area (Å²) in [5, 5.41) is 3.00. The molecule has 1 N–H and O–H groups in total. The van der Waals surface area contributed by atoms with Gasteiger partial charge in [-0.15, -0.1) is 0 Å². The molecule has 2 saturated heterocycles. The zero-order valence-electron chi connectivity index (χ0n) is 24.0. The smallest absolute Gasteiger partial charge is 0.258 e. The summed E-state index contributed by atoms with van der Waals surface area (Å²) in [5.41, 5.74) is 5.69. The Morgan fingerprint density at radius 2 is 1.84 bits per heavy atom. The van der Waals surface area contributed by atoms with E-state index in [9.17, 15) is 4.79 Å². The maximum Gasteiger partial charge on any atom is 0.258 e. The third-order valence-electron chi connectivity index (χ3n) is 7.20. The van der Waals surface area contributed by atoms with Crippen molar-refractivity contribution in [3.05, 3.63) is 107 Å². The van der Waals surface area contributed by atoms with Crippen LogP contribution in [0.2, 0.25) is 10.0 Å². The lowest BCUT2D eigenvalue weighted by Crippen LogP contribution is -2.53. The van der Waals surface area contributed by atoms with Gasteiger partial charge in [0.25, 0.3) is 5.91 Å². The van der Waals surface area contributed by atoms with Crippen molar-refractivity contribution in [3.63, 3.8) is 0 Å². The number of nitrogens with one attached hydrogen (secondary N) is 1. The highest BCUT2D eigenvalue weighted by Gasteiger charge is 2.40. The number of hydrazine groups is 1. The van der Waals surface area contributed by atoms with Crippen LogP contribution in [0.15, 0.2) is 85.5 Å². The predicted octanol–water partition coefficient (Wildman–Crippen LogP) is 6.09. The van der Waals surface area contributed by atoms with E-state index in [1.165, 1.54) is 6.08 Å². The summed E-state index contributed by atoms with van der Waals surface area (Å²) >= 11 is 12.4. The second kappa shape index (κ2) is 14.3. The van der Waals surface area contributed by atoms with E-state index in [0.29, 0.717) is 43.0 Å². The summed E-state index contributed by atoms with van der Waals surface area (Å²) in [7, 11) is 0. The fourth-order valence-corrected chi connectivity index (χ4v) is 5.55. The Morgan fingerprint density at radius 1 is 1.05 bits per heavy atom. The van der Waals surface area contributed by atoms with Gasteiger partial charge in [-0.1, -0.05) is 54.1 Å². The number of hydrogen-bond donors (Lipinski definition) is 1. The number of carbonyl (C=O) groups is 1. The van der Waals surface area contributed by atoms with E-state index in [-0.39, 0.29) is 12.0 Å². The van der Waals surface area contributed by atoms with Crippen LogP contribution in [0.4, 0.5) is 5.69 Å². The molecule has 0 spiro atoms. The van der Waals surface area contributed by atoms with Crippen LogP contribution in [0, 0.1) is 0 Å². The number of ether oxygens (including phenoxy) is 4. The summed E-state index contributed by atoms with van der Waals surface area (Å²) in [4.78, 5) is 14.8. The van der Waals surface area contributed by atoms with Crippen molar-refractivity contribution in [1.29, 1.82) is 0 Å². The van der Waals surface area contributed by atoms with E-state index < -0.39 is 5.79 Å². The molecule has 8 nitrogen and oxygen atoms in total. The molecule has 0 radical (unpaired) electrons.